The highest BCUT2D eigenvalue weighted by molar-refractivity contribution is 8.27. The first-order valence-electron chi connectivity index (χ1n) is 2.94. The Bertz CT molecular complexity index is 189. The molecule has 0 spiro atoms. The summed E-state index contributed by atoms with van der Waals surface area (Å²) in [5.74, 6) is 0. The summed E-state index contributed by atoms with van der Waals surface area (Å²) in [6.07, 6.45) is 1.99. The zero-order valence-electron chi connectivity index (χ0n) is 5.65. The molecule has 1 rings (SSSR count). The van der Waals surface area contributed by atoms with Crippen molar-refractivity contribution in [2.45, 2.75) is 13.8 Å². The summed E-state index contributed by atoms with van der Waals surface area (Å²) in [6, 6.07) is 0. The molecule has 1 aliphatic rings. The van der Waals surface area contributed by atoms with Gasteiger partial charge in [-0.05, 0) is 13.8 Å². The lowest BCUT2D eigenvalue weighted by atomic mass is 10.2. The van der Waals surface area contributed by atoms with Gasteiger partial charge in [-0.25, -0.2) is 0 Å². The van der Waals surface area contributed by atoms with Gasteiger partial charge in [0, 0.05) is 17.7 Å². The third-order valence-electron chi connectivity index (χ3n) is 1.68. The van der Waals surface area contributed by atoms with E-state index in [0.29, 0.717) is 0 Å². The highest BCUT2D eigenvalue weighted by Gasteiger charge is 2.22. The van der Waals surface area contributed by atoms with Crippen molar-refractivity contribution in [2.24, 2.45) is 0 Å². The van der Waals surface area contributed by atoms with Crippen molar-refractivity contribution in [1.82, 2.24) is 0 Å². The molecule has 0 aliphatic carbocycles. The van der Waals surface area contributed by atoms with Crippen LogP contribution in [0.2, 0.25) is 0 Å². The number of hydrogen-bond acceptors (Lipinski definition) is 1. The summed E-state index contributed by atoms with van der Waals surface area (Å²) >= 11 is 11.2. The van der Waals surface area contributed by atoms with E-state index in [2.05, 4.69) is 13.8 Å². The van der Waals surface area contributed by atoms with E-state index in [1.54, 1.807) is 0 Å². The van der Waals surface area contributed by atoms with E-state index >= 15 is 0 Å². The van der Waals surface area contributed by atoms with Crippen LogP contribution in [0.1, 0.15) is 13.8 Å². The van der Waals surface area contributed by atoms with Gasteiger partial charge >= 0.3 is 0 Å². The fourth-order valence-corrected chi connectivity index (χ4v) is 5.34. The normalized spacial score (nSPS) is 25.2. The van der Waals surface area contributed by atoms with E-state index in [1.165, 1.54) is 11.1 Å². The highest BCUT2D eigenvalue weighted by atomic mass is 35.7. The predicted molar refractivity (Wildman–Crippen MR) is 48.2 cm³/mol. The van der Waals surface area contributed by atoms with Gasteiger partial charge in [-0.3, -0.25) is 0 Å². The van der Waals surface area contributed by atoms with Crippen LogP contribution in [-0.4, -0.2) is 12.3 Å². The fourth-order valence-electron chi connectivity index (χ4n) is 1.03. The van der Waals surface area contributed by atoms with Crippen LogP contribution in [0.3, 0.4) is 0 Å². The molecule has 0 N–H and O–H groups in total. The molecule has 1 aliphatic heterocycles. The van der Waals surface area contributed by atoms with Crippen LogP contribution in [0.4, 0.5) is 0 Å². The Morgan fingerprint density at radius 1 is 1.33 bits per heavy atom. The molecule has 52 valence electrons. The summed E-state index contributed by atoms with van der Waals surface area (Å²) < 4.78 is 0. The van der Waals surface area contributed by atoms with Crippen molar-refractivity contribution in [2.75, 3.05) is 12.3 Å². The van der Waals surface area contributed by atoms with Gasteiger partial charge in [-0.1, -0.05) is 34.2 Å². The smallest absolute Gasteiger partial charge is 0.0465 e. The van der Waals surface area contributed by atoms with Crippen LogP contribution in [0.25, 0.3) is 0 Å². The molecule has 0 aromatic carbocycles. The average Bonchev–Trinajstić information content (AvgIpc) is 1.79. The van der Waals surface area contributed by atoms with E-state index in [4.69, 9.17) is 23.0 Å². The van der Waals surface area contributed by atoms with Crippen molar-refractivity contribution < 1.29 is 0 Å². The quantitative estimate of drug-likeness (QED) is 0.408. The fraction of sp³-hybridized carbons (Fsp3) is 0.667. The van der Waals surface area contributed by atoms with Gasteiger partial charge in [0.1, 0.15) is 0 Å². The van der Waals surface area contributed by atoms with Crippen LogP contribution < -0.4 is 0 Å². The second kappa shape index (κ2) is 2.38. The Morgan fingerprint density at radius 2 is 1.67 bits per heavy atom. The molecule has 1 heterocycles. The van der Waals surface area contributed by atoms with Gasteiger partial charge in [-0.2, -0.15) is 0 Å². The van der Waals surface area contributed by atoms with Crippen LogP contribution in [-0.2, 0) is 11.8 Å². The molecule has 0 aromatic rings. The zero-order valence-corrected chi connectivity index (χ0v) is 8.11. The van der Waals surface area contributed by atoms with Gasteiger partial charge in [-0.15, -0.1) is 0 Å². The molecule has 0 atom stereocenters. The van der Waals surface area contributed by atoms with Gasteiger partial charge in [0.2, 0.25) is 0 Å². The first kappa shape index (κ1) is 7.78. The van der Waals surface area contributed by atoms with Crippen molar-refractivity contribution >= 4 is 28.4 Å². The molecule has 0 aromatic heterocycles. The Hall–Kier alpha value is 0.680. The van der Waals surface area contributed by atoms with Crippen LogP contribution in [0.15, 0.2) is 11.1 Å². The van der Waals surface area contributed by atoms with Gasteiger partial charge in [0.25, 0.3) is 0 Å². The molecule has 0 saturated heterocycles. The van der Waals surface area contributed by atoms with E-state index in [9.17, 15) is 0 Å². The minimum atomic E-state index is -1.42. The van der Waals surface area contributed by atoms with E-state index in [0.717, 1.165) is 12.3 Å². The third-order valence-corrected chi connectivity index (χ3v) is 5.06. The van der Waals surface area contributed by atoms with Crippen molar-refractivity contribution in [3.8, 4) is 0 Å². The molecular formula is C6H10ClPS. The summed E-state index contributed by atoms with van der Waals surface area (Å²) in [7, 11) is 0. The van der Waals surface area contributed by atoms with Gasteiger partial charge < -0.3 is 0 Å². The van der Waals surface area contributed by atoms with Crippen molar-refractivity contribution in [3.63, 3.8) is 0 Å². The monoisotopic (exact) mass is 180 g/mol. The zero-order chi connectivity index (χ0) is 7.07. The number of halogens is 1. The summed E-state index contributed by atoms with van der Waals surface area (Å²) in [4.78, 5) is 0. The van der Waals surface area contributed by atoms with Crippen molar-refractivity contribution in [3.05, 3.63) is 11.1 Å². The van der Waals surface area contributed by atoms with E-state index in [-0.39, 0.29) is 0 Å². The van der Waals surface area contributed by atoms with Crippen LogP contribution in [0.5, 0.6) is 0 Å². The Kier molecular flexibility index (Phi) is 2.05. The number of rotatable bonds is 0. The Labute approximate surface area is 66.1 Å². The molecule has 0 nitrogen and oxygen atoms in total. The SMILES string of the molecule is CC1=C(C)CP(=S)(Cl)C1. The molecular weight excluding hydrogens is 171 g/mol. The second-order valence-electron chi connectivity index (χ2n) is 2.67. The maximum Gasteiger partial charge on any atom is 0.0465 e. The minimum Gasteiger partial charge on any atom is -0.0849 e. The van der Waals surface area contributed by atoms with E-state index < -0.39 is 5.39 Å². The topological polar surface area (TPSA) is 0 Å². The highest BCUT2D eigenvalue weighted by Crippen LogP contribution is 2.58. The molecule has 0 saturated carbocycles. The number of allylic oxidation sites excluding steroid dienone is 2. The molecule has 0 unspecified atom stereocenters. The largest absolute Gasteiger partial charge is 0.0849 e. The van der Waals surface area contributed by atoms with Gasteiger partial charge in [0.05, 0.1) is 0 Å². The predicted octanol–water partition coefficient (Wildman–Crippen LogP) is 2.97. The van der Waals surface area contributed by atoms with Crippen LogP contribution >= 0.6 is 16.6 Å². The second-order valence-corrected chi connectivity index (χ2v) is 9.52. The molecule has 0 fully saturated rings. The lowest BCUT2D eigenvalue weighted by Gasteiger charge is -2.01. The summed E-state index contributed by atoms with van der Waals surface area (Å²) in [5, 5.41) is -1.42. The Morgan fingerprint density at radius 3 is 1.78 bits per heavy atom. The minimum absolute atomic E-state index is 0.996. The van der Waals surface area contributed by atoms with E-state index in [1.807, 2.05) is 0 Å². The summed E-state index contributed by atoms with van der Waals surface area (Å²) in [5.41, 5.74) is 2.85. The standard InChI is InChI=1S/C6H10ClPS/c1-5-3-8(7,9)4-6(5)2/h3-4H2,1-2H3. The van der Waals surface area contributed by atoms with Crippen LogP contribution in [0, 0.1) is 0 Å². The average molecular weight is 181 g/mol. The molecule has 0 bridgehead atoms. The van der Waals surface area contributed by atoms with Gasteiger partial charge in [0.15, 0.2) is 0 Å². The van der Waals surface area contributed by atoms with Crippen molar-refractivity contribution in [1.29, 1.82) is 0 Å². The maximum atomic E-state index is 6.04. The number of hydrogen-bond donors (Lipinski definition) is 0. The Balaban J connectivity index is 2.82. The molecule has 0 amide bonds. The molecule has 9 heavy (non-hydrogen) atoms. The first-order valence-corrected chi connectivity index (χ1v) is 7.02. The summed E-state index contributed by atoms with van der Waals surface area (Å²) in [6.45, 7) is 4.26. The lowest BCUT2D eigenvalue weighted by molar-refractivity contribution is 1.29. The lowest BCUT2D eigenvalue weighted by Crippen LogP contribution is -1.74. The molecule has 0 radical (unpaired) electrons. The first-order chi connectivity index (χ1) is 4.01. The maximum absolute atomic E-state index is 6.04. The third kappa shape index (κ3) is 1.80. The molecule has 3 heteroatoms.